The fraction of sp³-hybridized carbons (Fsp3) is 0.250. The van der Waals surface area contributed by atoms with Crippen LogP contribution in [0.1, 0.15) is 6.92 Å². The van der Waals surface area contributed by atoms with E-state index in [0.717, 1.165) is 17.9 Å². The molecule has 0 radical (unpaired) electrons. The summed E-state index contributed by atoms with van der Waals surface area (Å²) in [5.41, 5.74) is -0.589. The molecule has 0 amide bonds. The van der Waals surface area contributed by atoms with Crippen LogP contribution in [0.4, 0.5) is 13.2 Å². The molecule has 0 aliphatic carbocycles. The molecule has 3 rings (SSSR count). The molecule has 0 aliphatic rings. The number of nitrogens with zero attached hydrogens (tertiary/aromatic N) is 5. The second kappa shape index (κ2) is 5.34. The highest BCUT2D eigenvalue weighted by Gasteiger charge is 2.38. The van der Waals surface area contributed by atoms with E-state index in [-0.39, 0.29) is 17.1 Å². The highest BCUT2D eigenvalue weighted by atomic mass is 19.4. The van der Waals surface area contributed by atoms with Crippen molar-refractivity contribution in [1.82, 2.24) is 29.9 Å². The van der Waals surface area contributed by atoms with E-state index in [9.17, 15) is 18.0 Å². The minimum atomic E-state index is -4.56. The van der Waals surface area contributed by atoms with Gasteiger partial charge in [-0.15, -0.1) is 0 Å². The molecule has 0 aliphatic heterocycles. The van der Waals surface area contributed by atoms with Crippen molar-refractivity contribution in [3.05, 3.63) is 35.3 Å². The Balaban J connectivity index is 2.15. The van der Waals surface area contributed by atoms with Gasteiger partial charge in [-0.05, 0) is 13.0 Å². The number of fused-ring (bicyclic) bond motifs is 1. The molecule has 3 aromatic rings. The van der Waals surface area contributed by atoms with Crippen LogP contribution in [0.2, 0.25) is 0 Å². The van der Waals surface area contributed by atoms with Crippen molar-refractivity contribution in [2.45, 2.75) is 19.2 Å². The number of aromatic amines is 1. The Kier molecular flexibility index (Phi) is 3.47. The maximum Gasteiger partial charge on any atom is 0.425 e. The summed E-state index contributed by atoms with van der Waals surface area (Å²) in [5.74, 6) is -0.312. The lowest BCUT2D eigenvalue weighted by Crippen LogP contribution is -2.31. The Bertz CT molecular complexity index is 903. The van der Waals surface area contributed by atoms with Gasteiger partial charge in [-0.3, -0.25) is 4.98 Å². The van der Waals surface area contributed by atoms with Gasteiger partial charge in [-0.25, -0.2) is 4.79 Å². The normalized spacial score (nSPS) is 13.2. The van der Waals surface area contributed by atoms with Gasteiger partial charge < -0.3 is 4.74 Å². The van der Waals surface area contributed by atoms with Crippen LogP contribution in [0.15, 0.2) is 29.6 Å². The van der Waals surface area contributed by atoms with Gasteiger partial charge in [-0.2, -0.15) is 38.1 Å². The smallest absolute Gasteiger partial charge is 0.425 e. The molecule has 0 bridgehead atoms. The molecule has 0 spiro atoms. The molecule has 1 unspecified atom stereocenters. The van der Waals surface area contributed by atoms with Crippen molar-refractivity contribution in [3.8, 4) is 11.7 Å². The maximum atomic E-state index is 12.7. The van der Waals surface area contributed by atoms with E-state index < -0.39 is 18.0 Å². The maximum absolute atomic E-state index is 12.7. The number of H-pyrrole nitrogens is 1. The number of aromatic nitrogens is 6. The Morgan fingerprint density at radius 3 is 2.70 bits per heavy atom. The Morgan fingerprint density at radius 2 is 2.04 bits per heavy atom. The van der Waals surface area contributed by atoms with E-state index >= 15 is 0 Å². The van der Waals surface area contributed by atoms with Gasteiger partial charge in [0.1, 0.15) is 6.33 Å². The zero-order chi connectivity index (χ0) is 16.6. The molecule has 11 heteroatoms. The number of hydrogen-bond donors (Lipinski definition) is 1. The van der Waals surface area contributed by atoms with Crippen molar-refractivity contribution >= 4 is 10.8 Å². The first kappa shape index (κ1) is 14.9. The van der Waals surface area contributed by atoms with Gasteiger partial charge in [0.2, 0.25) is 5.88 Å². The summed E-state index contributed by atoms with van der Waals surface area (Å²) in [5, 5.41) is 11.6. The lowest BCUT2D eigenvalue weighted by Gasteiger charge is -2.18. The largest absolute Gasteiger partial charge is 0.464 e. The van der Waals surface area contributed by atoms with E-state index in [2.05, 4.69) is 25.3 Å². The summed E-state index contributed by atoms with van der Waals surface area (Å²) < 4.78 is 44.0. The number of hydrogen-bond acceptors (Lipinski definition) is 6. The van der Waals surface area contributed by atoms with E-state index in [1.807, 2.05) is 0 Å². The number of ether oxygens (including phenoxy) is 1. The molecule has 0 saturated heterocycles. The molecule has 0 fully saturated rings. The summed E-state index contributed by atoms with van der Waals surface area (Å²) in [6.45, 7) is 0.857. The fourth-order valence-corrected chi connectivity index (χ4v) is 1.81. The molecule has 0 saturated carbocycles. The molecule has 23 heavy (non-hydrogen) atoms. The minimum Gasteiger partial charge on any atom is -0.464 e. The zero-order valence-electron chi connectivity index (χ0n) is 11.6. The first-order valence-corrected chi connectivity index (χ1v) is 6.34. The molecule has 0 aromatic carbocycles. The monoisotopic (exact) mass is 326 g/mol. The average molecular weight is 326 g/mol. The first-order chi connectivity index (χ1) is 10.9. The summed E-state index contributed by atoms with van der Waals surface area (Å²) in [7, 11) is 0. The number of halogens is 3. The highest BCUT2D eigenvalue weighted by molar-refractivity contribution is 5.86. The third-order valence-electron chi connectivity index (χ3n) is 3.01. The van der Waals surface area contributed by atoms with Gasteiger partial charge in [0.25, 0.3) is 0 Å². The second-order valence-corrected chi connectivity index (χ2v) is 4.59. The van der Waals surface area contributed by atoms with Crippen molar-refractivity contribution in [3.63, 3.8) is 0 Å². The molecule has 120 valence electrons. The fourth-order valence-electron chi connectivity index (χ4n) is 1.81. The topological polar surface area (TPSA) is 98.6 Å². The third kappa shape index (κ3) is 2.84. The second-order valence-electron chi connectivity index (χ2n) is 4.59. The quantitative estimate of drug-likeness (QED) is 0.777. The van der Waals surface area contributed by atoms with E-state index in [1.165, 1.54) is 18.5 Å². The summed E-state index contributed by atoms with van der Waals surface area (Å²) in [6, 6.07) is 1.44. The SMILES string of the molecule is CC(Oc1nc(-n2nc[nH]c2=O)cc2cnncc12)C(F)(F)F. The minimum absolute atomic E-state index is 0.00104. The third-order valence-corrected chi connectivity index (χ3v) is 3.01. The van der Waals surface area contributed by atoms with Crippen LogP contribution in [-0.2, 0) is 0 Å². The van der Waals surface area contributed by atoms with Crippen molar-refractivity contribution in [1.29, 1.82) is 0 Å². The lowest BCUT2D eigenvalue weighted by molar-refractivity contribution is -0.189. The van der Waals surface area contributed by atoms with Gasteiger partial charge in [0, 0.05) is 5.39 Å². The Hall–Kier alpha value is -2.98. The standard InChI is InChI=1S/C12H9F3N6O2/c1-6(12(13,14)15)23-10-8-4-18-17-3-7(8)2-9(20-10)21-11(22)16-5-19-21/h2-6H,1H3,(H,16,19,22). The molecule has 3 heterocycles. The first-order valence-electron chi connectivity index (χ1n) is 6.34. The van der Waals surface area contributed by atoms with Crippen molar-refractivity contribution < 1.29 is 17.9 Å². The van der Waals surface area contributed by atoms with Gasteiger partial charge >= 0.3 is 11.9 Å². The van der Waals surface area contributed by atoms with Crippen LogP contribution < -0.4 is 10.4 Å². The molecule has 8 nitrogen and oxygen atoms in total. The molecule has 3 aromatic heterocycles. The Labute approximate surface area is 125 Å². The molecule has 1 N–H and O–H groups in total. The number of pyridine rings is 1. The van der Waals surface area contributed by atoms with Crippen LogP contribution in [0, 0.1) is 0 Å². The van der Waals surface area contributed by atoms with Crippen LogP contribution in [-0.4, -0.2) is 42.2 Å². The van der Waals surface area contributed by atoms with Crippen molar-refractivity contribution in [2.24, 2.45) is 0 Å². The number of alkyl halides is 3. The van der Waals surface area contributed by atoms with Crippen LogP contribution in [0.5, 0.6) is 5.88 Å². The predicted molar refractivity (Wildman–Crippen MR) is 71.2 cm³/mol. The van der Waals surface area contributed by atoms with Gasteiger partial charge in [-0.1, -0.05) is 0 Å². The van der Waals surface area contributed by atoms with Gasteiger partial charge in [0.05, 0.1) is 17.8 Å². The zero-order valence-corrected chi connectivity index (χ0v) is 11.6. The summed E-state index contributed by atoms with van der Waals surface area (Å²) in [6.07, 6.45) is -2.95. The van der Waals surface area contributed by atoms with Crippen LogP contribution in [0.25, 0.3) is 16.6 Å². The van der Waals surface area contributed by atoms with E-state index in [1.54, 1.807) is 0 Å². The summed E-state index contributed by atoms with van der Waals surface area (Å²) in [4.78, 5) is 17.9. The number of nitrogens with one attached hydrogen (secondary N) is 1. The Morgan fingerprint density at radius 1 is 1.30 bits per heavy atom. The van der Waals surface area contributed by atoms with Gasteiger partial charge in [0.15, 0.2) is 11.9 Å². The van der Waals surface area contributed by atoms with Crippen LogP contribution >= 0.6 is 0 Å². The van der Waals surface area contributed by atoms with Crippen molar-refractivity contribution in [2.75, 3.05) is 0 Å². The average Bonchev–Trinajstić information content (AvgIpc) is 2.92. The van der Waals surface area contributed by atoms with Crippen LogP contribution in [0.3, 0.4) is 0 Å². The molecular formula is C12H9F3N6O2. The molecule has 1 atom stereocenters. The molecular weight excluding hydrogens is 317 g/mol. The summed E-state index contributed by atoms with van der Waals surface area (Å²) >= 11 is 0. The predicted octanol–water partition coefficient (Wildman–Crippen LogP) is 1.23. The highest BCUT2D eigenvalue weighted by Crippen LogP contribution is 2.29. The van der Waals surface area contributed by atoms with E-state index in [4.69, 9.17) is 4.74 Å². The van der Waals surface area contributed by atoms with E-state index in [0.29, 0.717) is 5.39 Å². The lowest BCUT2D eigenvalue weighted by atomic mass is 10.2. The number of rotatable bonds is 3.